The molecule has 1 aromatic carbocycles. The van der Waals surface area contributed by atoms with E-state index in [4.69, 9.17) is 16.1 Å². The Morgan fingerprint density at radius 1 is 1.33 bits per heavy atom. The van der Waals surface area contributed by atoms with E-state index in [0.717, 1.165) is 31.4 Å². The number of hydrogen-bond donors (Lipinski definition) is 0. The van der Waals surface area contributed by atoms with Gasteiger partial charge in [-0.15, -0.1) is 0 Å². The van der Waals surface area contributed by atoms with E-state index in [-0.39, 0.29) is 11.9 Å². The Labute approximate surface area is 147 Å². The summed E-state index contributed by atoms with van der Waals surface area (Å²) in [7, 11) is 0. The van der Waals surface area contributed by atoms with E-state index in [1.807, 2.05) is 37.8 Å². The maximum atomic E-state index is 12.7. The topological polar surface area (TPSA) is 59.2 Å². The van der Waals surface area contributed by atoms with Gasteiger partial charge in [0.25, 0.3) is 0 Å². The van der Waals surface area contributed by atoms with Crippen LogP contribution in [0.1, 0.15) is 52.0 Å². The third-order valence-electron chi connectivity index (χ3n) is 4.21. The van der Waals surface area contributed by atoms with Crippen LogP contribution in [0, 0.1) is 5.41 Å². The quantitative estimate of drug-likeness (QED) is 0.803. The van der Waals surface area contributed by atoms with Crippen molar-refractivity contribution in [1.29, 1.82) is 0 Å². The largest absolute Gasteiger partial charge is 0.337 e. The number of halogens is 1. The lowest BCUT2D eigenvalue weighted by atomic mass is 9.91. The Balaban J connectivity index is 1.88. The summed E-state index contributed by atoms with van der Waals surface area (Å²) in [5.41, 5.74) is 0.382. The van der Waals surface area contributed by atoms with Crippen molar-refractivity contribution in [3.8, 4) is 11.4 Å². The molecule has 5 nitrogen and oxygen atoms in total. The second kappa shape index (κ2) is 6.55. The molecule has 0 saturated carbocycles. The number of nitrogens with zero attached hydrogens (tertiary/aromatic N) is 3. The zero-order valence-corrected chi connectivity index (χ0v) is 15.0. The molecule has 1 aliphatic heterocycles. The SMILES string of the molecule is CC(C)(C)C(=O)N1CCCC[C@@H]1c1nc(-c2cccc(Cl)c2)no1. The van der Waals surface area contributed by atoms with E-state index < -0.39 is 5.41 Å². The van der Waals surface area contributed by atoms with E-state index in [0.29, 0.717) is 16.7 Å². The van der Waals surface area contributed by atoms with E-state index >= 15 is 0 Å². The van der Waals surface area contributed by atoms with Crippen LogP contribution in [0.3, 0.4) is 0 Å². The van der Waals surface area contributed by atoms with Crippen molar-refractivity contribution in [3.63, 3.8) is 0 Å². The van der Waals surface area contributed by atoms with Crippen LogP contribution in [-0.4, -0.2) is 27.5 Å². The second-order valence-electron chi connectivity index (χ2n) is 7.23. The number of aromatic nitrogens is 2. The Morgan fingerprint density at radius 3 is 2.83 bits per heavy atom. The van der Waals surface area contributed by atoms with Crippen molar-refractivity contribution in [1.82, 2.24) is 15.0 Å². The Kier molecular flexibility index (Phi) is 4.63. The first-order valence-electron chi connectivity index (χ1n) is 8.27. The van der Waals surface area contributed by atoms with Crippen molar-refractivity contribution < 1.29 is 9.32 Å². The number of carbonyl (C=O) groups excluding carboxylic acids is 1. The van der Waals surface area contributed by atoms with Gasteiger partial charge in [-0.2, -0.15) is 4.98 Å². The van der Waals surface area contributed by atoms with E-state index in [9.17, 15) is 4.79 Å². The molecule has 0 bridgehead atoms. The smallest absolute Gasteiger partial charge is 0.249 e. The van der Waals surface area contributed by atoms with E-state index in [1.165, 1.54) is 0 Å². The molecule has 3 rings (SSSR count). The number of amides is 1. The van der Waals surface area contributed by atoms with Crippen LogP contribution in [0.2, 0.25) is 5.02 Å². The molecule has 2 aromatic rings. The molecule has 6 heteroatoms. The minimum absolute atomic E-state index is 0.120. The summed E-state index contributed by atoms with van der Waals surface area (Å²) in [5, 5.41) is 4.70. The van der Waals surface area contributed by atoms with Gasteiger partial charge in [-0.3, -0.25) is 4.79 Å². The number of hydrogen-bond acceptors (Lipinski definition) is 4. The van der Waals surface area contributed by atoms with Gasteiger partial charge in [0.05, 0.1) is 0 Å². The number of benzene rings is 1. The van der Waals surface area contributed by atoms with Gasteiger partial charge in [0.15, 0.2) is 0 Å². The number of likely N-dealkylation sites (tertiary alicyclic amines) is 1. The fraction of sp³-hybridized carbons (Fsp3) is 0.500. The molecule has 0 radical (unpaired) electrons. The Morgan fingerprint density at radius 2 is 2.12 bits per heavy atom. The monoisotopic (exact) mass is 347 g/mol. The third-order valence-corrected chi connectivity index (χ3v) is 4.45. The molecule has 1 atom stereocenters. The third kappa shape index (κ3) is 3.46. The number of rotatable bonds is 2. The molecule has 0 spiro atoms. The van der Waals surface area contributed by atoms with Gasteiger partial charge in [-0.1, -0.05) is 49.7 Å². The molecular weight excluding hydrogens is 326 g/mol. The standard InChI is InChI=1S/C18H22ClN3O2/c1-18(2,3)17(23)22-10-5-4-9-14(22)16-20-15(21-24-16)12-7-6-8-13(19)11-12/h6-8,11,14H,4-5,9-10H2,1-3H3/t14-/m1/s1. The number of carbonyl (C=O) groups is 1. The molecule has 1 fully saturated rings. The first-order chi connectivity index (χ1) is 11.4. The lowest BCUT2D eigenvalue weighted by molar-refractivity contribution is -0.144. The highest BCUT2D eigenvalue weighted by Crippen LogP contribution is 2.34. The second-order valence-corrected chi connectivity index (χ2v) is 7.66. The molecule has 0 N–H and O–H groups in total. The predicted molar refractivity (Wildman–Crippen MR) is 92.5 cm³/mol. The van der Waals surface area contributed by atoms with Gasteiger partial charge in [0.1, 0.15) is 6.04 Å². The first-order valence-corrected chi connectivity index (χ1v) is 8.64. The van der Waals surface area contributed by atoms with Gasteiger partial charge in [-0.25, -0.2) is 0 Å². The molecular formula is C18H22ClN3O2. The van der Waals surface area contributed by atoms with Crippen molar-refractivity contribution in [2.24, 2.45) is 5.41 Å². The zero-order valence-electron chi connectivity index (χ0n) is 14.3. The van der Waals surface area contributed by atoms with Gasteiger partial charge in [0, 0.05) is 22.5 Å². The Bertz CT molecular complexity index is 736. The van der Waals surface area contributed by atoms with E-state index in [1.54, 1.807) is 12.1 Å². The highest BCUT2D eigenvalue weighted by molar-refractivity contribution is 6.30. The zero-order chi connectivity index (χ0) is 17.3. The van der Waals surface area contributed by atoms with Gasteiger partial charge < -0.3 is 9.42 Å². The van der Waals surface area contributed by atoms with Crippen molar-refractivity contribution in [2.75, 3.05) is 6.54 Å². The minimum atomic E-state index is -0.425. The highest BCUT2D eigenvalue weighted by Gasteiger charge is 2.36. The number of piperidine rings is 1. The van der Waals surface area contributed by atoms with Gasteiger partial charge in [-0.05, 0) is 31.4 Å². The predicted octanol–water partition coefficient (Wildman–Crippen LogP) is 4.49. The molecule has 2 heterocycles. The molecule has 24 heavy (non-hydrogen) atoms. The average molecular weight is 348 g/mol. The van der Waals surface area contributed by atoms with Crippen LogP contribution < -0.4 is 0 Å². The summed E-state index contributed by atoms with van der Waals surface area (Å²) in [6, 6.07) is 7.20. The van der Waals surface area contributed by atoms with Crippen LogP contribution >= 0.6 is 11.6 Å². The first kappa shape index (κ1) is 17.0. The summed E-state index contributed by atoms with van der Waals surface area (Å²) < 4.78 is 5.49. The van der Waals surface area contributed by atoms with Crippen LogP contribution in [0.25, 0.3) is 11.4 Å². The summed E-state index contributed by atoms with van der Waals surface area (Å²) in [4.78, 5) is 19.2. The van der Waals surface area contributed by atoms with Crippen LogP contribution in [0.4, 0.5) is 0 Å². The van der Waals surface area contributed by atoms with Crippen molar-refractivity contribution in [3.05, 3.63) is 35.2 Å². The minimum Gasteiger partial charge on any atom is -0.337 e. The molecule has 0 unspecified atom stereocenters. The molecule has 1 aliphatic rings. The maximum Gasteiger partial charge on any atom is 0.249 e. The molecule has 128 valence electrons. The van der Waals surface area contributed by atoms with E-state index in [2.05, 4.69) is 10.1 Å². The van der Waals surface area contributed by atoms with Crippen molar-refractivity contribution in [2.45, 2.75) is 46.1 Å². The summed E-state index contributed by atoms with van der Waals surface area (Å²) in [5.74, 6) is 1.12. The fourth-order valence-corrected chi connectivity index (χ4v) is 3.17. The highest BCUT2D eigenvalue weighted by atomic mass is 35.5. The summed E-state index contributed by atoms with van der Waals surface area (Å²) in [6.07, 6.45) is 2.90. The normalized spacial score (nSPS) is 18.7. The lowest BCUT2D eigenvalue weighted by Crippen LogP contribution is -2.44. The van der Waals surface area contributed by atoms with Crippen LogP contribution in [-0.2, 0) is 4.79 Å². The lowest BCUT2D eigenvalue weighted by Gasteiger charge is -2.37. The Hall–Kier alpha value is -1.88. The summed E-state index contributed by atoms with van der Waals surface area (Å²) >= 11 is 6.03. The summed E-state index contributed by atoms with van der Waals surface area (Å²) in [6.45, 7) is 6.54. The van der Waals surface area contributed by atoms with Gasteiger partial charge in [0.2, 0.25) is 17.6 Å². The molecule has 1 amide bonds. The molecule has 1 aromatic heterocycles. The van der Waals surface area contributed by atoms with Crippen LogP contribution in [0.15, 0.2) is 28.8 Å². The van der Waals surface area contributed by atoms with Crippen LogP contribution in [0.5, 0.6) is 0 Å². The van der Waals surface area contributed by atoms with Crippen molar-refractivity contribution >= 4 is 17.5 Å². The van der Waals surface area contributed by atoms with Gasteiger partial charge >= 0.3 is 0 Å². The maximum absolute atomic E-state index is 12.7. The average Bonchev–Trinajstić information content (AvgIpc) is 3.03. The molecule has 0 aliphatic carbocycles. The fourth-order valence-electron chi connectivity index (χ4n) is 2.98. The molecule has 1 saturated heterocycles.